The van der Waals surface area contributed by atoms with Gasteiger partial charge in [0, 0.05) is 36.3 Å². The topological polar surface area (TPSA) is 20.5 Å². The van der Waals surface area contributed by atoms with Gasteiger partial charge in [-0.15, -0.1) is 11.3 Å². The summed E-state index contributed by atoms with van der Waals surface area (Å²) in [5.41, 5.74) is 6.08. The van der Waals surface area contributed by atoms with Crippen molar-refractivity contribution >= 4 is 17.0 Å². The number of thiophene rings is 1. The molecule has 1 aliphatic rings. The van der Waals surface area contributed by atoms with Crippen LogP contribution < -0.4 is 0 Å². The van der Waals surface area contributed by atoms with E-state index in [1.807, 2.05) is 11.3 Å². The summed E-state index contributed by atoms with van der Waals surface area (Å²) in [6.45, 7) is 3.07. The fourth-order valence-electron chi connectivity index (χ4n) is 3.68. The lowest BCUT2D eigenvalue weighted by atomic mass is 10.1. The van der Waals surface area contributed by atoms with Crippen molar-refractivity contribution in [2.24, 2.45) is 0 Å². The van der Waals surface area contributed by atoms with Gasteiger partial charge in [-0.05, 0) is 35.6 Å². The molecule has 0 unspecified atom stereocenters. The summed E-state index contributed by atoms with van der Waals surface area (Å²) in [6, 6.07) is 19.0. The summed E-state index contributed by atoms with van der Waals surface area (Å²) in [7, 11) is 0. The molecule has 3 aromatic heterocycles. The molecule has 1 aliphatic heterocycles. The molecular weight excluding hydrogens is 326 g/mol. The number of pyridine rings is 1. The molecule has 0 aliphatic carbocycles. The van der Waals surface area contributed by atoms with Gasteiger partial charge in [0.25, 0.3) is 0 Å². The Kier molecular flexibility index (Phi) is 3.65. The molecule has 0 atom stereocenters. The number of imidazole rings is 1. The molecule has 25 heavy (non-hydrogen) atoms. The van der Waals surface area contributed by atoms with Crippen LogP contribution in [0.4, 0.5) is 0 Å². The van der Waals surface area contributed by atoms with Crippen LogP contribution in [0.2, 0.25) is 0 Å². The van der Waals surface area contributed by atoms with E-state index in [9.17, 15) is 0 Å². The molecule has 0 amide bonds. The quantitative estimate of drug-likeness (QED) is 0.540. The van der Waals surface area contributed by atoms with Crippen molar-refractivity contribution in [3.63, 3.8) is 0 Å². The van der Waals surface area contributed by atoms with Crippen LogP contribution in [0.25, 0.3) is 16.9 Å². The second-order valence-electron chi connectivity index (χ2n) is 6.53. The van der Waals surface area contributed by atoms with Gasteiger partial charge in [0.05, 0.1) is 11.4 Å². The van der Waals surface area contributed by atoms with Crippen LogP contribution in [0.5, 0.6) is 0 Å². The van der Waals surface area contributed by atoms with Crippen LogP contribution in [0.1, 0.15) is 16.1 Å². The van der Waals surface area contributed by atoms with Gasteiger partial charge >= 0.3 is 0 Å². The maximum Gasteiger partial charge on any atom is 0.137 e. The Balaban J connectivity index is 1.56. The number of fused-ring (bicyclic) bond motifs is 2. The van der Waals surface area contributed by atoms with Crippen LogP contribution in [-0.4, -0.2) is 20.8 Å². The van der Waals surface area contributed by atoms with Crippen molar-refractivity contribution in [1.82, 2.24) is 14.3 Å². The maximum absolute atomic E-state index is 4.92. The van der Waals surface area contributed by atoms with Crippen molar-refractivity contribution in [3.8, 4) is 11.3 Å². The van der Waals surface area contributed by atoms with Gasteiger partial charge in [-0.2, -0.15) is 0 Å². The molecule has 5 rings (SSSR count). The zero-order valence-electron chi connectivity index (χ0n) is 13.9. The predicted molar refractivity (Wildman–Crippen MR) is 103 cm³/mol. The molecule has 0 saturated carbocycles. The van der Waals surface area contributed by atoms with E-state index in [0.29, 0.717) is 0 Å². The van der Waals surface area contributed by atoms with Crippen LogP contribution in [-0.2, 0) is 19.5 Å². The lowest BCUT2D eigenvalue weighted by molar-refractivity contribution is 0.244. The predicted octanol–water partition coefficient (Wildman–Crippen LogP) is 4.62. The minimum atomic E-state index is 0.921. The molecular formula is C21H19N3S. The monoisotopic (exact) mass is 345 g/mol. The van der Waals surface area contributed by atoms with Crippen molar-refractivity contribution < 1.29 is 0 Å². The highest BCUT2D eigenvalue weighted by Crippen LogP contribution is 2.29. The number of aromatic nitrogens is 2. The molecule has 0 spiro atoms. The first-order chi connectivity index (χ1) is 12.4. The van der Waals surface area contributed by atoms with E-state index in [1.165, 1.54) is 16.8 Å². The first-order valence-electron chi connectivity index (χ1n) is 8.67. The lowest BCUT2D eigenvalue weighted by Crippen LogP contribution is -2.29. The molecule has 3 nitrogen and oxygen atoms in total. The summed E-state index contributed by atoms with van der Waals surface area (Å²) in [5, 5.41) is 2.22. The zero-order valence-corrected chi connectivity index (χ0v) is 14.7. The zero-order chi connectivity index (χ0) is 16.6. The van der Waals surface area contributed by atoms with Crippen LogP contribution in [0, 0.1) is 0 Å². The molecule has 0 saturated heterocycles. The largest absolute Gasteiger partial charge is 0.302 e. The highest BCUT2D eigenvalue weighted by molar-refractivity contribution is 7.10. The van der Waals surface area contributed by atoms with Gasteiger partial charge in [-0.3, -0.25) is 4.90 Å². The molecule has 4 heteroatoms. The fourth-order valence-corrected chi connectivity index (χ4v) is 4.57. The average Bonchev–Trinajstić information content (AvgIpc) is 3.27. The summed E-state index contributed by atoms with van der Waals surface area (Å²) >= 11 is 1.89. The Bertz CT molecular complexity index is 1020. The summed E-state index contributed by atoms with van der Waals surface area (Å²) in [4.78, 5) is 9.01. The fraction of sp³-hybridized carbons (Fsp3) is 0.190. The Morgan fingerprint density at radius 2 is 1.88 bits per heavy atom. The van der Waals surface area contributed by atoms with Crippen LogP contribution in [0.15, 0.2) is 66.2 Å². The molecule has 0 bridgehead atoms. The van der Waals surface area contributed by atoms with Gasteiger partial charge in [-0.1, -0.05) is 36.4 Å². The number of nitrogens with zero attached hydrogens (tertiary/aromatic N) is 3. The third-order valence-electron chi connectivity index (χ3n) is 4.94. The molecule has 0 N–H and O–H groups in total. The van der Waals surface area contributed by atoms with Gasteiger partial charge in [0.15, 0.2) is 0 Å². The highest BCUT2D eigenvalue weighted by Gasteiger charge is 2.21. The lowest BCUT2D eigenvalue weighted by Gasteiger charge is -2.27. The minimum Gasteiger partial charge on any atom is -0.302 e. The summed E-state index contributed by atoms with van der Waals surface area (Å²) < 4.78 is 2.24. The van der Waals surface area contributed by atoms with E-state index in [-0.39, 0.29) is 0 Å². The second-order valence-corrected chi connectivity index (χ2v) is 7.53. The Morgan fingerprint density at radius 3 is 2.80 bits per heavy atom. The van der Waals surface area contributed by atoms with E-state index < -0.39 is 0 Å². The molecule has 124 valence electrons. The van der Waals surface area contributed by atoms with Crippen molar-refractivity contribution in [1.29, 1.82) is 0 Å². The third-order valence-corrected chi connectivity index (χ3v) is 5.96. The van der Waals surface area contributed by atoms with Crippen molar-refractivity contribution in [2.75, 3.05) is 6.54 Å². The van der Waals surface area contributed by atoms with Crippen LogP contribution in [0.3, 0.4) is 0 Å². The number of benzene rings is 1. The molecule has 0 fully saturated rings. The normalized spacial score (nSPS) is 14.7. The Labute approximate surface area is 151 Å². The van der Waals surface area contributed by atoms with E-state index in [1.54, 1.807) is 4.88 Å². The summed E-state index contributed by atoms with van der Waals surface area (Å²) in [6.07, 6.45) is 3.29. The average molecular weight is 345 g/mol. The number of hydrogen-bond acceptors (Lipinski definition) is 3. The van der Waals surface area contributed by atoms with E-state index in [2.05, 4.69) is 75.5 Å². The van der Waals surface area contributed by atoms with Gasteiger partial charge < -0.3 is 4.40 Å². The van der Waals surface area contributed by atoms with Crippen LogP contribution >= 0.6 is 11.3 Å². The van der Waals surface area contributed by atoms with E-state index >= 15 is 0 Å². The van der Waals surface area contributed by atoms with Crippen molar-refractivity contribution in [3.05, 3.63) is 82.3 Å². The highest BCUT2D eigenvalue weighted by atomic mass is 32.1. The smallest absolute Gasteiger partial charge is 0.137 e. The molecule has 4 aromatic rings. The van der Waals surface area contributed by atoms with Gasteiger partial charge in [0.1, 0.15) is 5.65 Å². The Morgan fingerprint density at radius 1 is 1.00 bits per heavy atom. The van der Waals surface area contributed by atoms with Gasteiger partial charge in [-0.25, -0.2) is 4.98 Å². The maximum atomic E-state index is 4.92. The molecule has 1 aromatic carbocycles. The standard InChI is InChI=1S/C21H19N3S/c1-2-6-16(7-3-1)21-18(24-11-5-4-8-20(24)22-21)15-23-12-9-19-17(14-23)10-13-25-19/h1-8,10-11,13H,9,12,14-15H2. The molecule has 0 radical (unpaired) electrons. The summed E-state index contributed by atoms with van der Waals surface area (Å²) in [5.74, 6) is 0. The van der Waals surface area contributed by atoms with E-state index in [4.69, 9.17) is 4.98 Å². The molecule has 4 heterocycles. The third kappa shape index (κ3) is 2.68. The SMILES string of the molecule is c1ccc(-c2nc3ccccn3c2CN2CCc3sccc3C2)cc1. The van der Waals surface area contributed by atoms with Crippen molar-refractivity contribution in [2.45, 2.75) is 19.5 Å². The van der Waals surface area contributed by atoms with E-state index in [0.717, 1.165) is 37.4 Å². The number of rotatable bonds is 3. The second kappa shape index (κ2) is 6.14. The minimum absolute atomic E-state index is 0.921. The first-order valence-corrected chi connectivity index (χ1v) is 9.55. The first kappa shape index (κ1) is 14.9. The van der Waals surface area contributed by atoms with Gasteiger partial charge in [0.2, 0.25) is 0 Å². The number of hydrogen-bond donors (Lipinski definition) is 0. The Hall–Kier alpha value is -2.43.